The van der Waals surface area contributed by atoms with Gasteiger partial charge in [0.15, 0.2) is 5.82 Å². The van der Waals surface area contributed by atoms with Crippen molar-refractivity contribution >= 4 is 17.6 Å². The average Bonchev–Trinajstić information content (AvgIpc) is 2.91. The minimum atomic E-state index is -0.990. The van der Waals surface area contributed by atoms with Crippen molar-refractivity contribution in [2.45, 2.75) is 12.8 Å². The van der Waals surface area contributed by atoms with E-state index in [1.165, 1.54) is 6.33 Å². The third-order valence-electron chi connectivity index (χ3n) is 2.42. The zero-order valence-corrected chi connectivity index (χ0v) is 9.96. The summed E-state index contributed by atoms with van der Waals surface area (Å²) in [5.74, 6) is -0.672. The van der Waals surface area contributed by atoms with E-state index in [-0.39, 0.29) is 18.7 Å². The second-order valence-electron chi connectivity index (χ2n) is 3.85. The maximum Gasteiger partial charge on any atom is 0.303 e. The summed E-state index contributed by atoms with van der Waals surface area (Å²) in [6.45, 7) is 0. The summed E-state index contributed by atoms with van der Waals surface area (Å²) in [5.41, 5.74) is 1.46. The highest BCUT2D eigenvalue weighted by Gasteiger charge is 2.06. The molecule has 0 bridgehead atoms. The molecule has 0 aliphatic rings. The van der Waals surface area contributed by atoms with Crippen LogP contribution in [0.1, 0.15) is 12.8 Å². The molecule has 2 rings (SSSR count). The Balaban J connectivity index is 1.95. The van der Waals surface area contributed by atoms with Gasteiger partial charge < -0.3 is 10.4 Å². The van der Waals surface area contributed by atoms with E-state index in [1.54, 1.807) is 24.3 Å². The molecule has 7 heteroatoms. The van der Waals surface area contributed by atoms with E-state index in [2.05, 4.69) is 20.5 Å². The van der Waals surface area contributed by atoms with Crippen LogP contribution < -0.4 is 5.32 Å². The average molecular weight is 260 g/mol. The van der Waals surface area contributed by atoms with Crippen LogP contribution in [0.2, 0.25) is 0 Å². The number of rotatable bonds is 5. The third kappa shape index (κ3) is 3.63. The number of nitrogens with zero attached hydrogens (tertiary/aromatic N) is 2. The molecule has 0 unspecified atom stereocenters. The number of benzene rings is 1. The van der Waals surface area contributed by atoms with Gasteiger partial charge in [0.1, 0.15) is 6.33 Å². The zero-order valence-electron chi connectivity index (χ0n) is 9.96. The van der Waals surface area contributed by atoms with Crippen LogP contribution in [-0.2, 0) is 9.59 Å². The first-order valence-electron chi connectivity index (χ1n) is 5.62. The van der Waals surface area contributed by atoms with Crippen molar-refractivity contribution in [3.8, 4) is 11.4 Å². The smallest absolute Gasteiger partial charge is 0.303 e. The second kappa shape index (κ2) is 5.76. The number of aromatic nitrogens is 3. The molecule has 0 radical (unpaired) electrons. The van der Waals surface area contributed by atoms with Crippen LogP contribution in [-0.4, -0.2) is 32.2 Å². The number of nitrogens with one attached hydrogen (secondary N) is 2. The lowest BCUT2D eigenvalue weighted by Gasteiger charge is -2.04. The lowest BCUT2D eigenvalue weighted by molar-refractivity contribution is -0.138. The summed E-state index contributed by atoms with van der Waals surface area (Å²) in [6, 6.07) is 7.01. The molecule has 19 heavy (non-hydrogen) atoms. The molecule has 98 valence electrons. The van der Waals surface area contributed by atoms with Gasteiger partial charge in [-0.3, -0.25) is 14.7 Å². The number of hydrogen-bond acceptors (Lipinski definition) is 4. The number of anilines is 1. The Morgan fingerprint density at radius 1 is 1.21 bits per heavy atom. The van der Waals surface area contributed by atoms with Crippen LogP contribution in [0.25, 0.3) is 11.4 Å². The fourth-order valence-electron chi connectivity index (χ4n) is 1.50. The second-order valence-corrected chi connectivity index (χ2v) is 3.85. The minimum Gasteiger partial charge on any atom is -0.481 e. The van der Waals surface area contributed by atoms with Crippen LogP contribution >= 0.6 is 0 Å². The molecule has 3 N–H and O–H groups in total. The number of carbonyl (C=O) groups excluding carboxylic acids is 1. The monoisotopic (exact) mass is 260 g/mol. The number of carboxylic acid groups (broad SMARTS) is 1. The lowest BCUT2D eigenvalue weighted by Crippen LogP contribution is -2.13. The van der Waals surface area contributed by atoms with Crippen molar-refractivity contribution < 1.29 is 14.7 Å². The Morgan fingerprint density at radius 3 is 2.53 bits per heavy atom. The van der Waals surface area contributed by atoms with Gasteiger partial charge in [-0.25, -0.2) is 4.98 Å². The van der Waals surface area contributed by atoms with E-state index in [0.29, 0.717) is 11.5 Å². The molecule has 1 aromatic heterocycles. The minimum absolute atomic E-state index is 0.0425. The highest BCUT2D eigenvalue weighted by Crippen LogP contribution is 2.17. The first-order valence-corrected chi connectivity index (χ1v) is 5.62. The van der Waals surface area contributed by atoms with Gasteiger partial charge in [0, 0.05) is 17.7 Å². The molecular weight excluding hydrogens is 248 g/mol. The largest absolute Gasteiger partial charge is 0.481 e. The number of aromatic amines is 1. The molecule has 2 aromatic rings. The van der Waals surface area contributed by atoms with E-state index in [9.17, 15) is 9.59 Å². The Kier molecular flexibility index (Phi) is 3.87. The van der Waals surface area contributed by atoms with Gasteiger partial charge >= 0.3 is 5.97 Å². The van der Waals surface area contributed by atoms with Gasteiger partial charge in [-0.1, -0.05) is 0 Å². The Labute approximate surface area is 108 Å². The summed E-state index contributed by atoms with van der Waals surface area (Å²) in [7, 11) is 0. The molecule has 0 saturated carbocycles. The van der Waals surface area contributed by atoms with Gasteiger partial charge in [-0.2, -0.15) is 5.10 Å². The lowest BCUT2D eigenvalue weighted by atomic mass is 10.2. The molecule has 0 atom stereocenters. The van der Waals surface area contributed by atoms with Gasteiger partial charge in [0.05, 0.1) is 6.42 Å². The van der Waals surface area contributed by atoms with Gasteiger partial charge in [-0.05, 0) is 24.3 Å². The maximum absolute atomic E-state index is 11.4. The first kappa shape index (κ1) is 12.7. The highest BCUT2D eigenvalue weighted by molar-refractivity contribution is 5.92. The quantitative estimate of drug-likeness (QED) is 0.750. The van der Waals surface area contributed by atoms with Gasteiger partial charge in [-0.15, -0.1) is 0 Å². The van der Waals surface area contributed by atoms with Crippen molar-refractivity contribution in [2.75, 3.05) is 5.32 Å². The molecule has 0 aliphatic carbocycles. The van der Waals surface area contributed by atoms with Crippen LogP contribution in [0.5, 0.6) is 0 Å². The standard InChI is InChI=1S/C12H12N4O3/c17-10(5-6-11(18)19)15-9-3-1-8(2-4-9)12-13-7-14-16-12/h1-4,7H,5-6H2,(H,15,17)(H,18,19)(H,13,14,16). The number of aliphatic carboxylic acids is 1. The number of carboxylic acids is 1. The Morgan fingerprint density at radius 2 is 1.95 bits per heavy atom. The van der Waals surface area contributed by atoms with Crippen molar-refractivity contribution in [1.29, 1.82) is 0 Å². The molecule has 7 nitrogen and oxygen atoms in total. The fraction of sp³-hybridized carbons (Fsp3) is 0.167. The summed E-state index contributed by atoms with van der Waals surface area (Å²) < 4.78 is 0. The topological polar surface area (TPSA) is 108 Å². The Bertz CT molecular complexity index is 563. The van der Waals surface area contributed by atoms with Crippen LogP contribution in [0.15, 0.2) is 30.6 Å². The summed E-state index contributed by atoms with van der Waals surface area (Å²) in [6.07, 6.45) is 1.19. The first-order chi connectivity index (χ1) is 9.15. The van der Waals surface area contributed by atoms with Crippen LogP contribution in [0, 0.1) is 0 Å². The number of H-pyrrole nitrogens is 1. The SMILES string of the molecule is O=C(O)CCC(=O)Nc1ccc(-c2ncn[nH]2)cc1. The van der Waals surface area contributed by atoms with Gasteiger partial charge in [0.2, 0.25) is 5.91 Å². The molecular formula is C12H12N4O3. The molecule has 0 spiro atoms. The Hall–Kier alpha value is -2.70. The van der Waals surface area contributed by atoms with Gasteiger partial charge in [0.25, 0.3) is 0 Å². The van der Waals surface area contributed by atoms with E-state index < -0.39 is 5.97 Å². The number of carbonyl (C=O) groups is 2. The fourth-order valence-corrected chi connectivity index (χ4v) is 1.50. The number of amides is 1. The van der Waals surface area contributed by atoms with Crippen molar-refractivity contribution in [2.24, 2.45) is 0 Å². The normalized spacial score (nSPS) is 10.1. The van der Waals surface area contributed by atoms with E-state index in [4.69, 9.17) is 5.11 Å². The molecule has 1 amide bonds. The van der Waals surface area contributed by atoms with Crippen LogP contribution in [0.4, 0.5) is 5.69 Å². The molecule has 0 aliphatic heterocycles. The number of hydrogen-bond donors (Lipinski definition) is 3. The van der Waals surface area contributed by atoms with Crippen molar-refractivity contribution in [3.05, 3.63) is 30.6 Å². The van der Waals surface area contributed by atoms with E-state index >= 15 is 0 Å². The van der Waals surface area contributed by atoms with Crippen molar-refractivity contribution in [1.82, 2.24) is 15.2 Å². The maximum atomic E-state index is 11.4. The summed E-state index contributed by atoms with van der Waals surface area (Å²) in [5, 5.41) is 17.6. The van der Waals surface area contributed by atoms with E-state index in [1.807, 2.05) is 0 Å². The predicted octanol–water partition coefficient (Wildman–Crippen LogP) is 1.27. The van der Waals surface area contributed by atoms with Crippen molar-refractivity contribution in [3.63, 3.8) is 0 Å². The van der Waals surface area contributed by atoms with E-state index in [0.717, 1.165) is 5.56 Å². The zero-order chi connectivity index (χ0) is 13.7. The molecule has 1 heterocycles. The molecule has 0 saturated heterocycles. The molecule has 0 fully saturated rings. The molecule has 1 aromatic carbocycles. The summed E-state index contributed by atoms with van der Waals surface area (Å²) >= 11 is 0. The summed E-state index contributed by atoms with van der Waals surface area (Å²) in [4.78, 5) is 25.8. The third-order valence-corrected chi connectivity index (χ3v) is 2.42. The highest BCUT2D eigenvalue weighted by atomic mass is 16.4. The predicted molar refractivity (Wildman–Crippen MR) is 67.3 cm³/mol. The van der Waals surface area contributed by atoms with Crippen LogP contribution in [0.3, 0.4) is 0 Å².